The van der Waals surface area contributed by atoms with Crippen LogP contribution in [0.15, 0.2) is 12.1 Å². The molecule has 1 fully saturated rings. The Labute approximate surface area is 124 Å². The fraction of sp³-hybridized carbons (Fsp3) is 0.500. The normalized spacial score (nSPS) is 27.0. The maximum atomic E-state index is 11.7. The first-order valence-electron chi connectivity index (χ1n) is 6.97. The lowest BCUT2D eigenvalue weighted by atomic mass is 9.98. The SMILES string of the molecule is CC1(Nc2cc3c(cc2N)CCC(=O)N3)CCS(=O)(=O)C1. The number of benzene rings is 1. The van der Waals surface area contributed by atoms with Crippen LogP contribution < -0.4 is 16.4 Å². The highest BCUT2D eigenvalue weighted by Gasteiger charge is 2.38. The van der Waals surface area contributed by atoms with E-state index in [-0.39, 0.29) is 17.4 Å². The number of amides is 1. The fourth-order valence-electron chi connectivity index (χ4n) is 2.99. The number of sulfone groups is 1. The number of fused-ring (bicyclic) bond motifs is 1. The predicted octanol–water partition coefficient (Wildman–Crippen LogP) is 1.14. The van der Waals surface area contributed by atoms with Crippen LogP contribution in [0.25, 0.3) is 0 Å². The number of nitrogens with two attached hydrogens (primary N) is 1. The van der Waals surface area contributed by atoms with Crippen molar-refractivity contribution in [1.29, 1.82) is 0 Å². The summed E-state index contributed by atoms with van der Waals surface area (Å²) in [5, 5.41) is 6.08. The molecule has 1 aromatic rings. The smallest absolute Gasteiger partial charge is 0.224 e. The summed E-state index contributed by atoms with van der Waals surface area (Å²) in [5.74, 6) is 0.286. The van der Waals surface area contributed by atoms with Gasteiger partial charge in [-0.1, -0.05) is 0 Å². The van der Waals surface area contributed by atoms with E-state index >= 15 is 0 Å². The number of nitrogens with one attached hydrogen (secondary N) is 2. The second-order valence-electron chi connectivity index (χ2n) is 6.17. The molecule has 0 saturated carbocycles. The minimum absolute atomic E-state index is 0.00660. The Bertz CT molecular complexity index is 714. The molecule has 7 heteroatoms. The van der Waals surface area contributed by atoms with E-state index in [4.69, 9.17) is 5.73 Å². The van der Waals surface area contributed by atoms with Crippen molar-refractivity contribution >= 4 is 32.8 Å². The number of carbonyl (C=O) groups excluding carboxylic acids is 1. The van der Waals surface area contributed by atoms with Crippen molar-refractivity contribution in [2.75, 3.05) is 27.9 Å². The summed E-state index contributed by atoms with van der Waals surface area (Å²) in [6.45, 7) is 1.88. The van der Waals surface area contributed by atoms with Crippen molar-refractivity contribution in [2.45, 2.75) is 31.7 Å². The molecule has 4 N–H and O–H groups in total. The molecule has 3 rings (SSSR count). The molecule has 2 aliphatic rings. The van der Waals surface area contributed by atoms with Crippen molar-refractivity contribution in [3.63, 3.8) is 0 Å². The number of hydrogen-bond donors (Lipinski definition) is 3. The standard InChI is InChI=1S/C14H19N3O3S/c1-14(4-5-21(19,20)8-14)17-12-7-11-9(6-10(12)15)2-3-13(18)16-11/h6-7,17H,2-5,8,15H2,1H3,(H,16,18). The maximum absolute atomic E-state index is 11.7. The highest BCUT2D eigenvalue weighted by molar-refractivity contribution is 7.91. The Kier molecular flexibility index (Phi) is 3.12. The number of nitrogen functional groups attached to an aromatic ring is 1. The summed E-state index contributed by atoms with van der Waals surface area (Å²) >= 11 is 0. The van der Waals surface area contributed by atoms with Crippen LogP contribution in [0.4, 0.5) is 17.1 Å². The largest absolute Gasteiger partial charge is 0.397 e. The van der Waals surface area contributed by atoms with Gasteiger partial charge in [-0.25, -0.2) is 8.42 Å². The second-order valence-corrected chi connectivity index (χ2v) is 8.36. The van der Waals surface area contributed by atoms with Gasteiger partial charge in [0, 0.05) is 17.6 Å². The molecule has 1 amide bonds. The van der Waals surface area contributed by atoms with Crippen molar-refractivity contribution in [1.82, 2.24) is 0 Å². The van der Waals surface area contributed by atoms with Crippen LogP contribution in [-0.4, -0.2) is 31.4 Å². The first-order chi connectivity index (χ1) is 9.76. The fourth-order valence-corrected chi connectivity index (χ4v) is 5.08. The van der Waals surface area contributed by atoms with E-state index in [1.807, 2.05) is 13.0 Å². The van der Waals surface area contributed by atoms with E-state index in [0.29, 0.717) is 30.6 Å². The molecule has 0 bridgehead atoms. The quantitative estimate of drug-likeness (QED) is 0.711. The Morgan fingerprint density at radius 1 is 1.33 bits per heavy atom. The number of anilines is 3. The van der Waals surface area contributed by atoms with Gasteiger partial charge < -0.3 is 16.4 Å². The summed E-state index contributed by atoms with van der Waals surface area (Å²) in [4.78, 5) is 11.5. The second kappa shape index (κ2) is 4.62. The van der Waals surface area contributed by atoms with Gasteiger partial charge in [-0.05, 0) is 37.5 Å². The zero-order valence-corrected chi connectivity index (χ0v) is 12.7. The molecule has 1 saturated heterocycles. The summed E-state index contributed by atoms with van der Waals surface area (Å²) < 4.78 is 23.3. The van der Waals surface area contributed by atoms with Crippen LogP contribution in [-0.2, 0) is 21.1 Å². The minimum Gasteiger partial charge on any atom is -0.397 e. The number of hydrogen-bond acceptors (Lipinski definition) is 5. The van der Waals surface area contributed by atoms with Gasteiger partial charge in [0.25, 0.3) is 0 Å². The van der Waals surface area contributed by atoms with Crippen molar-refractivity contribution in [3.8, 4) is 0 Å². The van der Waals surface area contributed by atoms with Gasteiger partial charge in [0.05, 0.1) is 22.9 Å². The zero-order chi connectivity index (χ0) is 15.3. The molecule has 0 aromatic heterocycles. The van der Waals surface area contributed by atoms with Crippen LogP contribution >= 0.6 is 0 Å². The Hall–Kier alpha value is -1.76. The van der Waals surface area contributed by atoms with Gasteiger partial charge in [-0.15, -0.1) is 0 Å². The molecule has 2 heterocycles. The van der Waals surface area contributed by atoms with E-state index in [0.717, 1.165) is 11.3 Å². The predicted molar refractivity (Wildman–Crippen MR) is 83.1 cm³/mol. The zero-order valence-electron chi connectivity index (χ0n) is 11.9. The van der Waals surface area contributed by atoms with Crippen molar-refractivity contribution in [3.05, 3.63) is 17.7 Å². The molecule has 0 radical (unpaired) electrons. The van der Waals surface area contributed by atoms with E-state index in [1.54, 1.807) is 6.07 Å². The molecule has 21 heavy (non-hydrogen) atoms. The van der Waals surface area contributed by atoms with E-state index in [1.165, 1.54) is 0 Å². The first-order valence-corrected chi connectivity index (χ1v) is 8.79. The topological polar surface area (TPSA) is 101 Å². The summed E-state index contributed by atoms with van der Waals surface area (Å²) in [6, 6.07) is 3.65. The summed E-state index contributed by atoms with van der Waals surface area (Å²) in [7, 11) is -2.99. The first kappa shape index (κ1) is 14.2. The minimum atomic E-state index is -2.99. The molecular formula is C14H19N3O3S. The van der Waals surface area contributed by atoms with Gasteiger partial charge in [-0.2, -0.15) is 0 Å². The number of carbonyl (C=O) groups is 1. The highest BCUT2D eigenvalue weighted by Crippen LogP contribution is 2.35. The molecule has 6 nitrogen and oxygen atoms in total. The van der Waals surface area contributed by atoms with Crippen LogP contribution in [0.1, 0.15) is 25.3 Å². The maximum Gasteiger partial charge on any atom is 0.224 e. The van der Waals surface area contributed by atoms with E-state index in [9.17, 15) is 13.2 Å². The molecule has 2 aliphatic heterocycles. The van der Waals surface area contributed by atoms with Gasteiger partial charge in [-0.3, -0.25) is 4.79 Å². The molecule has 114 valence electrons. The number of rotatable bonds is 2. The molecule has 1 aromatic carbocycles. The lowest BCUT2D eigenvalue weighted by Crippen LogP contribution is -2.36. The number of aryl methyl sites for hydroxylation is 1. The van der Waals surface area contributed by atoms with Crippen LogP contribution in [0.5, 0.6) is 0 Å². The molecule has 0 spiro atoms. The third kappa shape index (κ3) is 2.83. The van der Waals surface area contributed by atoms with E-state index in [2.05, 4.69) is 10.6 Å². The van der Waals surface area contributed by atoms with E-state index < -0.39 is 15.4 Å². The van der Waals surface area contributed by atoms with Crippen LogP contribution in [0.3, 0.4) is 0 Å². The third-order valence-electron chi connectivity index (χ3n) is 4.11. The lowest BCUT2D eigenvalue weighted by Gasteiger charge is -2.28. The van der Waals surface area contributed by atoms with Gasteiger partial charge >= 0.3 is 0 Å². The molecule has 0 aliphatic carbocycles. The average Bonchev–Trinajstić information content (AvgIpc) is 2.65. The van der Waals surface area contributed by atoms with Gasteiger partial charge in [0.15, 0.2) is 9.84 Å². The molecule has 1 atom stereocenters. The molecule has 1 unspecified atom stereocenters. The van der Waals surface area contributed by atoms with Gasteiger partial charge in [0.1, 0.15) is 0 Å². The third-order valence-corrected chi connectivity index (χ3v) is 6.01. The Morgan fingerprint density at radius 2 is 2.10 bits per heavy atom. The van der Waals surface area contributed by atoms with Crippen LogP contribution in [0.2, 0.25) is 0 Å². The lowest BCUT2D eigenvalue weighted by molar-refractivity contribution is -0.116. The van der Waals surface area contributed by atoms with Crippen molar-refractivity contribution < 1.29 is 13.2 Å². The Morgan fingerprint density at radius 3 is 2.76 bits per heavy atom. The monoisotopic (exact) mass is 309 g/mol. The van der Waals surface area contributed by atoms with Crippen molar-refractivity contribution in [2.24, 2.45) is 0 Å². The highest BCUT2D eigenvalue weighted by atomic mass is 32.2. The summed E-state index contributed by atoms with van der Waals surface area (Å²) in [6.07, 6.45) is 1.70. The van der Waals surface area contributed by atoms with Gasteiger partial charge in [0.2, 0.25) is 5.91 Å². The molecular weight excluding hydrogens is 290 g/mol. The average molecular weight is 309 g/mol. The van der Waals surface area contributed by atoms with Crippen LogP contribution in [0, 0.1) is 0 Å². The Balaban J connectivity index is 1.89. The summed E-state index contributed by atoms with van der Waals surface area (Å²) in [5.41, 5.74) is 8.57.